The largest absolute Gasteiger partial charge is 0.467 e. The smallest absolute Gasteiger partial charge is 0.328 e. The molecule has 0 aliphatic carbocycles. The molecule has 1 atom stereocenters. The van der Waals surface area contributed by atoms with Crippen LogP contribution < -0.4 is 0 Å². The van der Waals surface area contributed by atoms with E-state index in [1.165, 1.54) is 14.0 Å². The number of hydrogen-bond donors (Lipinski definition) is 0. The van der Waals surface area contributed by atoms with E-state index in [-0.39, 0.29) is 6.04 Å². The SMILES string of the molecule is COC(=O)[C@H](C)N1C(=O)S/C(=C\c2cn(C(C)C)c3ccccc23)C1=O. The van der Waals surface area contributed by atoms with Crippen molar-refractivity contribution in [1.29, 1.82) is 0 Å². The monoisotopic (exact) mass is 372 g/mol. The number of amides is 2. The van der Waals surface area contributed by atoms with Crippen LogP contribution in [0.4, 0.5) is 4.79 Å². The number of hydrogen-bond acceptors (Lipinski definition) is 5. The first-order chi connectivity index (χ1) is 12.3. The highest BCUT2D eigenvalue weighted by Crippen LogP contribution is 2.35. The standard InChI is InChI=1S/C19H20N2O4S/c1-11(2)20-10-13(14-7-5-6-8-15(14)20)9-16-17(22)21(19(24)26-16)12(3)18(23)25-4/h5-12H,1-4H3/b16-9-/t12-/m0/s1. The van der Waals surface area contributed by atoms with Crippen LogP contribution >= 0.6 is 11.8 Å². The molecule has 1 aliphatic rings. The van der Waals surface area contributed by atoms with Crippen LogP contribution in [0.25, 0.3) is 17.0 Å². The van der Waals surface area contributed by atoms with E-state index in [1.54, 1.807) is 6.08 Å². The van der Waals surface area contributed by atoms with Crippen LogP contribution in [0.2, 0.25) is 0 Å². The van der Waals surface area contributed by atoms with Gasteiger partial charge in [0.1, 0.15) is 6.04 Å². The molecule has 2 aromatic rings. The van der Waals surface area contributed by atoms with E-state index in [9.17, 15) is 14.4 Å². The van der Waals surface area contributed by atoms with E-state index >= 15 is 0 Å². The van der Waals surface area contributed by atoms with E-state index in [4.69, 9.17) is 0 Å². The predicted molar refractivity (Wildman–Crippen MR) is 102 cm³/mol. The van der Waals surface area contributed by atoms with Crippen molar-refractivity contribution in [2.45, 2.75) is 32.9 Å². The molecule has 1 saturated heterocycles. The van der Waals surface area contributed by atoms with E-state index in [1.807, 2.05) is 30.5 Å². The summed E-state index contributed by atoms with van der Waals surface area (Å²) in [7, 11) is 1.23. The Hall–Kier alpha value is -2.54. The van der Waals surface area contributed by atoms with Gasteiger partial charge in [-0.25, -0.2) is 4.79 Å². The lowest BCUT2D eigenvalue weighted by Gasteiger charge is -2.18. The van der Waals surface area contributed by atoms with Crippen molar-refractivity contribution in [3.63, 3.8) is 0 Å². The van der Waals surface area contributed by atoms with Crippen molar-refractivity contribution >= 4 is 45.9 Å². The number of carbonyl (C=O) groups is 3. The molecule has 0 unspecified atom stereocenters. The Morgan fingerprint density at radius 2 is 1.88 bits per heavy atom. The molecule has 3 rings (SSSR count). The summed E-state index contributed by atoms with van der Waals surface area (Å²) in [6.45, 7) is 5.65. The Morgan fingerprint density at radius 3 is 2.54 bits per heavy atom. The van der Waals surface area contributed by atoms with Gasteiger partial charge in [-0.3, -0.25) is 14.5 Å². The molecule has 0 saturated carbocycles. The number of rotatable bonds is 4. The zero-order chi connectivity index (χ0) is 19.0. The summed E-state index contributed by atoms with van der Waals surface area (Å²) >= 11 is 0.841. The number of methoxy groups -OCH3 is 1. The van der Waals surface area contributed by atoms with E-state index < -0.39 is 23.2 Å². The first-order valence-corrected chi connectivity index (χ1v) is 9.11. The number of imide groups is 1. The molecule has 1 aromatic heterocycles. The number of para-hydroxylation sites is 1. The Bertz CT molecular complexity index is 929. The normalized spacial score (nSPS) is 17.6. The lowest BCUT2D eigenvalue weighted by molar-refractivity contribution is -0.148. The number of esters is 1. The van der Waals surface area contributed by atoms with Gasteiger partial charge in [0.25, 0.3) is 11.1 Å². The van der Waals surface area contributed by atoms with E-state index in [0.29, 0.717) is 4.91 Å². The van der Waals surface area contributed by atoms with Crippen molar-refractivity contribution in [1.82, 2.24) is 9.47 Å². The number of thioether (sulfide) groups is 1. The first kappa shape index (κ1) is 18.3. The summed E-state index contributed by atoms with van der Waals surface area (Å²) in [6.07, 6.45) is 3.70. The van der Waals surface area contributed by atoms with Crippen LogP contribution in [0.1, 0.15) is 32.4 Å². The maximum atomic E-state index is 12.7. The number of aromatic nitrogens is 1. The second kappa shape index (κ2) is 6.99. The summed E-state index contributed by atoms with van der Waals surface area (Å²) in [5.41, 5.74) is 1.93. The van der Waals surface area contributed by atoms with Gasteiger partial charge in [-0.05, 0) is 44.7 Å². The molecule has 1 fully saturated rings. The summed E-state index contributed by atoms with van der Waals surface area (Å²) in [5.74, 6) is -1.09. The first-order valence-electron chi connectivity index (χ1n) is 8.29. The average Bonchev–Trinajstić information content (AvgIpc) is 3.12. The van der Waals surface area contributed by atoms with Crippen molar-refractivity contribution in [3.05, 3.63) is 40.9 Å². The minimum Gasteiger partial charge on any atom is -0.467 e. The molecular formula is C19H20N2O4S. The third-order valence-electron chi connectivity index (χ3n) is 4.37. The van der Waals surface area contributed by atoms with Gasteiger partial charge >= 0.3 is 5.97 Å². The average molecular weight is 372 g/mol. The molecule has 7 heteroatoms. The van der Waals surface area contributed by atoms with Crippen molar-refractivity contribution in [2.24, 2.45) is 0 Å². The molecule has 1 aromatic carbocycles. The molecule has 0 bridgehead atoms. The minimum atomic E-state index is -0.949. The summed E-state index contributed by atoms with van der Waals surface area (Å²) in [5, 5.41) is 0.542. The minimum absolute atomic E-state index is 0.261. The topological polar surface area (TPSA) is 68.6 Å². The summed E-state index contributed by atoms with van der Waals surface area (Å²) in [4.78, 5) is 37.9. The Labute approximate surface area is 155 Å². The van der Waals surface area contributed by atoms with Crippen LogP contribution in [0.15, 0.2) is 35.4 Å². The van der Waals surface area contributed by atoms with Gasteiger partial charge in [0.15, 0.2) is 0 Å². The second-order valence-electron chi connectivity index (χ2n) is 6.35. The van der Waals surface area contributed by atoms with Gasteiger partial charge in [-0.15, -0.1) is 0 Å². The third kappa shape index (κ3) is 3.03. The fourth-order valence-electron chi connectivity index (χ4n) is 3.01. The zero-order valence-corrected chi connectivity index (χ0v) is 15.9. The van der Waals surface area contributed by atoms with Crippen LogP contribution in [0.5, 0.6) is 0 Å². The lowest BCUT2D eigenvalue weighted by Crippen LogP contribution is -2.42. The molecule has 136 valence electrons. The highest BCUT2D eigenvalue weighted by Gasteiger charge is 2.41. The predicted octanol–water partition coefficient (Wildman–Crippen LogP) is 3.82. The number of ether oxygens (including phenoxy) is 1. The van der Waals surface area contributed by atoms with Crippen LogP contribution in [-0.4, -0.2) is 39.7 Å². The van der Waals surface area contributed by atoms with Gasteiger partial charge < -0.3 is 9.30 Å². The van der Waals surface area contributed by atoms with Gasteiger partial charge in [0.05, 0.1) is 12.0 Å². The maximum Gasteiger partial charge on any atom is 0.328 e. The zero-order valence-electron chi connectivity index (χ0n) is 15.1. The van der Waals surface area contributed by atoms with Crippen molar-refractivity contribution in [2.75, 3.05) is 7.11 Å². The lowest BCUT2D eigenvalue weighted by atomic mass is 10.1. The molecule has 26 heavy (non-hydrogen) atoms. The molecular weight excluding hydrogens is 352 g/mol. The quantitative estimate of drug-likeness (QED) is 0.603. The molecule has 6 nitrogen and oxygen atoms in total. The van der Waals surface area contributed by atoms with Crippen LogP contribution in [-0.2, 0) is 14.3 Å². The summed E-state index contributed by atoms with van der Waals surface area (Å²) < 4.78 is 6.77. The highest BCUT2D eigenvalue weighted by molar-refractivity contribution is 8.18. The Morgan fingerprint density at radius 1 is 1.19 bits per heavy atom. The van der Waals surface area contributed by atoms with Gasteiger partial charge in [0.2, 0.25) is 0 Å². The number of benzene rings is 1. The second-order valence-corrected chi connectivity index (χ2v) is 7.35. The number of carbonyl (C=O) groups excluding carboxylic acids is 3. The van der Waals surface area contributed by atoms with Crippen LogP contribution in [0, 0.1) is 0 Å². The van der Waals surface area contributed by atoms with Crippen molar-refractivity contribution in [3.8, 4) is 0 Å². The van der Waals surface area contributed by atoms with E-state index in [0.717, 1.165) is 33.1 Å². The van der Waals surface area contributed by atoms with Gasteiger partial charge in [-0.1, -0.05) is 18.2 Å². The Kier molecular flexibility index (Phi) is 4.91. The fourth-order valence-corrected chi connectivity index (χ4v) is 3.90. The third-order valence-corrected chi connectivity index (χ3v) is 5.25. The number of nitrogens with zero attached hydrogens (tertiary/aromatic N) is 2. The molecule has 2 amide bonds. The Balaban J connectivity index is 2.02. The maximum absolute atomic E-state index is 12.7. The molecule has 0 radical (unpaired) electrons. The molecule has 1 aliphatic heterocycles. The van der Waals surface area contributed by atoms with E-state index in [2.05, 4.69) is 23.2 Å². The molecule has 0 N–H and O–H groups in total. The van der Waals surface area contributed by atoms with Gasteiger partial charge in [-0.2, -0.15) is 0 Å². The number of fused-ring (bicyclic) bond motifs is 1. The van der Waals surface area contributed by atoms with Gasteiger partial charge in [0, 0.05) is 28.7 Å². The molecule has 2 heterocycles. The van der Waals surface area contributed by atoms with Crippen molar-refractivity contribution < 1.29 is 19.1 Å². The molecule has 0 spiro atoms. The highest BCUT2D eigenvalue weighted by atomic mass is 32.2. The summed E-state index contributed by atoms with van der Waals surface area (Å²) in [6, 6.07) is 7.23. The fraction of sp³-hybridized carbons (Fsp3) is 0.316. The van der Waals surface area contributed by atoms with Crippen LogP contribution in [0.3, 0.4) is 0 Å².